The molecular weight excluding hydrogens is 148 g/mol. The van der Waals surface area contributed by atoms with E-state index in [9.17, 15) is 5.11 Å². The van der Waals surface area contributed by atoms with E-state index < -0.39 is 24.4 Å². The first-order valence-electron chi connectivity index (χ1n) is 3.76. The van der Waals surface area contributed by atoms with Crippen molar-refractivity contribution in [3.8, 4) is 0 Å². The fourth-order valence-corrected chi connectivity index (χ4v) is 1.43. The monoisotopic (exact) mass is 162 g/mol. The summed E-state index contributed by atoms with van der Waals surface area (Å²) in [4.78, 5) is 0. The summed E-state index contributed by atoms with van der Waals surface area (Å²) < 4.78 is 0. The summed E-state index contributed by atoms with van der Waals surface area (Å²) >= 11 is 0. The highest BCUT2D eigenvalue weighted by Crippen LogP contribution is 2.24. The van der Waals surface area contributed by atoms with Crippen LogP contribution in [-0.2, 0) is 0 Å². The van der Waals surface area contributed by atoms with E-state index >= 15 is 0 Å². The van der Waals surface area contributed by atoms with Gasteiger partial charge in [0.15, 0.2) is 0 Å². The Morgan fingerprint density at radius 1 is 0.909 bits per heavy atom. The number of aliphatic hydroxyl groups excluding tert-OH is 4. The van der Waals surface area contributed by atoms with Gasteiger partial charge in [0.25, 0.3) is 0 Å². The minimum atomic E-state index is -1.21. The number of rotatable bonds is 0. The van der Waals surface area contributed by atoms with Crippen LogP contribution in [0.3, 0.4) is 0 Å². The summed E-state index contributed by atoms with van der Waals surface area (Å²) in [5.41, 5.74) is 0. The Kier molecular flexibility index (Phi) is 2.49. The smallest absolute Gasteiger partial charge is 0.108 e. The molecule has 4 nitrogen and oxygen atoms in total. The maximum atomic E-state index is 9.21. The molecule has 4 N–H and O–H groups in total. The maximum absolute atomic E-state index is 9.21. The average molecular weight is 162 g/mol. The molecule has 5 atom stereocenters. The van der Waals surface area contributed by atoms with Crippen molar-refractivity contribution in [2.45, 2.75) is 37.8 Å². The van der Waals surface area contributed by atoms with Crippen LogP contribution < -0.4 is 0 Å². The number of aliphatic hydroxyl groups is 4. The molecule has 0 unspecified atom stereocenters. The number of hydrogen-bond acceptors (Lipinski definition) is 4. The second-order valence-corrected chi connectivity index (χ2v) is 3.25. The molecule has 0 heterocycles. The highest BCUT2D eigenvalue weighted by Gasteiger charge is 2.39. The molecule has 4 heteroatoms. The van der Waals surface area contributed by atoms with Gasteiger partial charge in [0.1, 0.15) is 12.2 Å². The molecule has 1 aliphatic rings. The van der Waals surface area contributed by atoms with Crippen molar-refractivity contribution >= 4 is 0 Å². The lowest BCUT2D eigenvalue weighted by molar-refractivity contribution is -0.154. The van der Waals surface area contributed by atoms with Crippen molar-refractivity contribution in [3.05, 3.63) is 0 Å². The quantitative estimate of drug-likeness (QED) is 0.348. The maximum Gasteiger partial charge on any atom is 0.108 e. The van der Waals surface area contributed by atoms with E-state index in [0.29, 0.717) is 6.42 Å². The van der Waals surface area contributed by atoms with Crippen molar-refractivity contribution in [1.82, 2.24) is 0 Å². The molecule has 11 heavy (non-hydrogen) atoms. The zero-order valence-electron chi connectivity index (χ0n) is 6.38. The van der Waals surface area contributed by atoms with Crippen molar-refractivity contribution in [1.29, 1.82) is 0 Å². The van der Waals surface area contributed by atoms with Crippen molar-refractivity contribution in [2.75, 3.05) is 0 Å². The molecule has 0 saturated heterocycles. The van der Waals surface area contributed by atoms with Gasteiger partial charge in [0.2, 0.25) is 0 Å². The van der Waals surface area contributed by atoms with Gasteiger partial charge in [-0.05, 0) is 12.3 Å². The average Bonchev–Trinajstić information content (AvgIpc) is 1.97. The van der Waals surface area contributed by atoms with Crippen LogP contribution in [0.5, 0.6) is 0 Å². The summed E-state index contributed by atoms with van der Waals surface area (Å²) in [7, 11) is 0. The molecule has 0 amide bonds. The molecular formula is C7H14O4. The Hall–Kier alpha value is -0.160. The van der Waals surface area contributed by atoms with Crippen LogP contribution in [0.1, 0.15) is 13.3 Å². The third-order valence-corrected chi connectivity index (χ3v) is 2.29. The van der Waals surface area contributed by atoms with E-state index in [4.69, 9.17) is 15.3 Å². The predicted molar refractivity (Wildman–Crippen MR) is 37.8 cm³/mol. The summed E-state index contributed by atoms with van der Waals surface area (Å²) in [6.07, 6.45) is -3.92. The second-order valence-electron chi connectivity index (χ2n) is 3.25. The van der Waals surface area contributed by atoms with Gasteiger partial charge in [-0.3, -0.25) is 0 Å². The standard InChI is InChI=1S/C7H14O4/c1-3-2-4(8)6(10)7(11)5(3)9/h3-11H,2H2,1H3/t3-,4+,5+,6+,7-/m1/s1. The third-order valence-electron chi connectivity index (χ3n) is 2.29. The summed E-state index contributed by atoms with van der Waals surface area (Å²) in [6.45, 7) is 1.73. The molecule has 0 aromatic carbocycles. The fraction of sp³-hybridized carbons (Fsp3) is 1.00. The van der Waals surface area contributed by atoms with E-state index in [1.54, 1.807) is 6.92 Å². The second kappa shape index (κ2) is 3.06. The summed E-state index contributed by atoms with van der Waals surface area (Å²) in [5, 5.41) is 36.5. The molecule has 0 aliphatic heterocycles. The van der Waals surface area contributed by atoms with E-state index in [2.05, 4.69) is 0 Å². The molecule has 0 spiro atoms. The summed E-state index contributed by atoms with van der Waals surface area (Å²) in [5.74, 6) is -0.164. The molecule has 1 saturated carbocycles. The van der Waals surface area contributed by atoms with Crippen molar-refractivity contribution in [2.24, 2.45) is 5.92 Å². The van der Waals surface area contributed by atoms with Crippen molar-refractivity contribution in [3.63, 3.8) is 0 Å². The van der Waals surface area contributed by atoms with Crippen LogP contribution in [0.4, 0.5) is 0 Å². The van der Waals surface area contributed by atoms with Gasteiger partial charge in [-0.2, -0.15) is 0 Å². The molecule has 66 valence electrons. The van der Waals surface area contributed by atoms with E-state index in [-0.39, 0.29) is 5.92 Å². The van der Waals surface area contributed by atoms with Crippen LogP contribution in [-0.4, -0.2) is 44.8 Å². The van der Waals surface area contributed by atoms with Crippen LogP contribution >= 0.6 is 0 Å². The van der Waals surface area contributed by atoms with Gasteiger partial charge >= 0.3 is 0 Å². The lowest BCUT2D eigenvalue weighted by Crippen LogP contribution is -2.52. The van der Waals surface area contributed by atoms with Crippen molar-refractivity contribution < 1.29 is 20.4 Å². The van der Waals surface area contributed by atoms with Crippen LogP contribution in [0.2, 0.25) is 0 Å². The predicted octanol–water partition coefficient (Wildman–Crippen LogP) is -1.53. The summed E-state index contributed by atoms with van der Waals surface area (Å²) in [6, 6.07) is 0. The topological polar surface area (TPSA) is 80.9 Å². The minimum Gasteiger partial charge on any atom is -0.390 e. The lowest BCUT2D eigenvalue weighted by atomic mass is 9.82. The fourth-order valence-electron chi connectivity index (χ4n) is 1.43. The van der Waals surface area contributed by atoms with Crippen LogP contribution in [0.25, 0.3) is 0 Å². The largest absolute Gasteiger partial charge is 0.390 e. The minimum absolute atomic E-state index is 0.164. The SMILES string of the molecule is C[C@@H]1C[C@H](O)[C@H](O)[C@H](O)[C@H]1O. The zero-order valence-corrected chi connectivity index (χ0v) is 6.38. The molecule has 0 radical (unpaired) electrons. The Morgan fingerprint density at radius 3 is 2.00 bits per heavy atom. The van der Waals surface area contributed by atoms with Crippen LogP contribution in [0.15, 0.2) is 0 Å². The first-order valence-corrected chi connectivity index (χ1v) is 3.76. The van der Waals surface area contributed by atoms with Gasteiger partial charge in [-0.1, -0.05) is 6.92 Å². The first kappa shape index (κ1) is 8.93. The first-order chi connectivity index (χ1) is 5.04. The van der Waals surface area contributed by atoms with Gasteiger partial charge in [0, 0.05) is 0 Å². The van der Waals surface area contributed by atoms with Gasteiger partial charge in [0.05, 0.1) is 12.2 Å². The van der Waals surface area contributed by atoms with Gasteiger partial charge < -0.3 is 20.4 Å². The third kappa shape index (κ3) is 1.54. The lowest BCUT2D eigenvalue weighted by Gasteiger charge is -2.36. The van der Waals surface area contributed by atoms with E-state index in [1.807, 2.05) is 0 Å². The molecule has 0 aromatic rings. The Balaban J connectivity index is 2.63. The zero-order chi connectivity index (χ0) is 8.59. The van der Waals surface area contributed by atoms with E-state index in [1.165, 1.54) is 0 Å². The van der Waals surface area contributed by atoms with Gasteiger partial charge in [-0.15, -0.1) is 0 Å². The Bertz CT molecular complexity index is 124. The Labute approximate surface area is 65.1 Å². The molecule has 0 bridgehead atoms. The molecule has 1 rings (SSSR count). The van der Waals surface area contributed by atoms with E-state index in [0.717, 1.165) is 0 Å². The Morgan fingerprint density at radius 2 is 1.45 bits per heavy atom. The molecule has 0 aromatic heterocycles. The highest BCUT2D eigenvalue weighted by atomic mass is 16.4. The molecule has 1 fully saturated rings. The van der Waals surface area contributed by atoms with Gasteiger partial charge in [-0.25, -0.2) is 0 Å². The normalized spacial score (nSPS) is 52.6. The highest BCUT2D eigenvalue weighted by molar-refractivity contribution is 4.90. The molecule has 1 aliphatic carbocycles. The number of hydrogen-bond donors (Lipinski definition) is 4. The van der Waals surface area contributed by atoms with Crippen LogP contribution in [0, 0.1) is 5.92 Å².